The number of carbonyl (C=O) groups is 3. The van der Waals surface area contributed by atoms with Crippen molar-refractivity contribution in [3.8, 4) is 5.75 Å². The van der Waals surface area contributed by atoms with Crippen LogP contribution in [0.3, 0.4) is 0 Å². The highest BCUT2D eigenvalue weighted by atomic mass is 35.5. The molecule has 3 amide bonds. The SMILES string of the molecule is COc1ccc(NC(=O)CN2N=NC3C(=O)N(c4ccc(C(C)C)cc4)C(=O)C32)cc1Cl. The summed E-state index contributed by atoms with van der Waals surface area (Å²) >= 11 is 6.08. The number of carbonyl (C=O) groups excluding carboxylic acids is 3. The fourth-order valence-corrected chi connectivity index (χ4v) is 3.97. The van der Waals surface area contributed by atoms with E-state index in [1.807, 2.05) is 12.1 Å². The van der Waals surface area contributed by atoms with Gasteiger partial charge in [-0.15, -0.1) is 0 Å². The molecule has 10 heteroatoms. The van der Waals surface area contributed by atoms with Crippen molar-refractivity contribution in [2.24, 2.45) is 10.3 Å². The van der Waals surface area contributed by atoms with E-state index in [0.717, 1.165) is 10.5 Å². The van der Waals surface area contributed by atoms with Gasteiger partial charge in [-0.3, -0.25) is 19.4 Å². The van der Waals surface area contributed by atoms with Crippen LogP contribution in [0, 0.1) is 0 Å². The molecule has 0 saturated carbocycles. The van der Waals surface area contributed by atoms with Gasteiger partial charge >= 0.3 is 0 Å². The molecule has 2 aromatic carbocycles. The fourth-order valence-electron chi connectivity index (χ4n) is 3.71. The van der Waals surface area contributed by atoms with Crippen LogP contribution in [-0.2, 0) is 14.4 Å². The second-order valence-corrected chi connectivity index (χ2v) is 8.25. The molecule has 1 fully saturated rings. The van der Waals surface area contributed by atoms with Gasteiger partial charge in [0.1, 0.15) is 12.3 Å². The summed E-state index contributed by atoms with van der Waals surface area (Å²) in [5, 5.41) is 12.1. The normalized spacial score (nSPS) is 19.7. The molecule has 0 aromatic heterocycles. The molecule has 9 nitrogen and oxygen atoms in total. The van der Waals surface area contributed by atoms with E-state index in [0.29, 0.717) is 28.1 Å². The number of hydrogen-bond acceptors (Lipinski definition) is 7. The number of halogens is 1. The van der Waals surface area contributed by atoms with Crippen molar-refractivity contribution in [2.45, 2.75) is 31.8 Å². The van der Waals surface area contributed by atoms with Crippen LogP contribution in [-0.4, -0.2) is 48.5 Å². The van der Waals surface area contributed by atoms with E-state index in [1.165, 1.54) is 12.1 Å². The van der Waals surface area contributed by atoms with Crippen molar-refractivity contribution >= 4 is 40.7 Å². The number of hydrogen-bond donors (Lipinski definition) is 1. The summed E-state index contributed by atoms with van der Waals surface area (Å²) in [6.07, 6.45) is 0. The predicted octanol–water partition coefficient (Wildman–Crippen LogP) is 3.40. The minimum atomic E-state index is -0.962. The van der Waals surface area contributed by atoms with Gasteiger partial charge in [0.25, 0.3) is 11.8 Å². The molecule has 2 atom stereocenters. The summed E-state index contributed by atoms with van der Waals surface area (Å²) in [6.45, 7) is 3.89. The molecule has 0 aliphatic carbocycles. The lowest BCUT2D eigenvalue weighted by molar-refractivity contribution is -0.123. The third-order valence-corrected chi connectivity index (χ3v) is 5.71. The second kappa shape index (κ2) is 8.58. The molecular weight excluding hydrogens is 434 g/mol. The van der Waals surface area contributed by atoms with Gasteiger partial charge in [-0.05, 0) is 41.8 Å². The second-order valence-electron chi connectivity index (χ2n) is 7.85. The van der Waals surface area contributed by atoms with Crippen molar-refractivity contribution < 1.29 is 19.1 Å². The molecule has 0 bridgehead atoms. The first-order valence-electron chi connectivity index (χ1n) is 10.1. The zero-order valence-corrected chi connectivity index (χ0v) is 18.5. The van der Waals surface area contributed by atoms with E-state index in [-0.39, 0.29) is 6.54 Å². The van der Waals surface area contributed by atoms with Gasteiger partial charge < -0.3 is 10.1 Å². The van der Waals surface area contributed by atoms with Crippen LogP contribution < -0.4 is 15.0 Å². The Morgan fingerprint density at radius 2 is 1.88 bits per heavy atom. The summed E-state index contributed by atoms with van der Waals surface area (Å²) in [5.74, 6) is -0.520. The van der Waals surface area contributed by atoms with Crippen LogP contribution >= 0.6 is 11.6 Å². The number of nitrogens with zero attached hydrogens (tertiary/aromatic N) is 4. The van der Waals surface area contributed by atoms with E-state index < -0.39 is 29.8 Å². The number of rotatable bonds is 6. The van der Waals surface area contributed by atoms with Crippen LogP contribution in [0.2, 0.25) is 5.02 Å². The maximum absolute atomic E-state index is 13.1. The Morgan fingerprint density at radius 3 is 2.50 bits per heavy atom. The summed E-state index contributed by atoms with van der Waals surface area (Å²) < 4.78 is 5.09. The zero-order valence-electron chi connectivity index (χ0n) is 17.8. The number of ether oxygens (including phenoxy) is 1. The largest absolute Gasteiger partial charge is 0.495 e. The molecule has 1 N–H and O–H groups in total. The van der Waals surface area contributed by atoms with Gasteiger partial charge in [-0.1, -0.05) is 42.8 Å². The Bertz CT molecular complexity index is 1100. The Morgan fingerprint density at radius 1 is 1.16 bits per heavy atom. The third kappa shape index (κ3) is 3.91. The van der Waals surface area contributed by atoms with Crippen LogP contribution in [0.15, 0.2) is 52.8 Å². The van der Waals surface area contributed by atoms with Gasteiger partial charge in [0.15, 0.2) is 12.1 Å². The maximum Gasteiger partial charge on any atom is 0.263 e. The first kappa shape index (κ1) is 21.8. The van der Waals surface area contributed by atoms with Crippen molar-refractivity contribution in [3.63, 3.8) is 0 Å². The van der Waals surface area contributed by atoms with Crippen LogP contribution in [0.1, 0.15) is 25.3 Å². The number of benzene rings is 2. The summed E-state index contributed by atoms with van der Waals surface area (Å²) in [7, 11) is 1.50. The smallest absolute Gasteiger partial charge is 0.263 e. The van der Waals surface area contributed by atoms with Gasteiger partial charge in [0.2, 0.25) is 5.91 Å². The van der Waals surface area contributed by atoms with E-state index in [9.17, 15) is 14.4 Å². The number of amides is 3. The van der Waals surface area contributed by atoms with Gasteiger partial charge in [-0.25, -0.2) is 4.90 Å². The third-order valence-electron chi connectivity index (χ3n) is 5.42. The highest BCUT2D eigenvalue weighted by molar-refractivity contribution is 6.32. The Labute approximate surface area is 190 Å². The molecule has 2 unspecified atom stereocenters. The minimum Gasteiger partial charge on any atom is -0.495 e. The number of methoxy groups -OCH3 is 1. The molecule has 1 saturated heterocycles. The lowest BCUT2D eigenvalue weighted by Gasteiger charge is -2.20. The summed E-state index contributed by atoms with van der Waals surface area (Å²) in [5.41, 5.74) is 2.05. The molecule has 2 aromatic rings. The molecule has 2 aliphatic heterocycles. The van der Waals surface area contributed by atoms with Gasteiger partial charge in [0.05, 0.1) is 17.8 Å². The van der Waals surface area contributed by atoms with Crippen molar-refractivity contribution in [3.05, 3.63) is 53.1 Å². The number of fused-ring (bicyclic) bond motifs is 1. The Balaban J connectivity index is 1.46. The maximum atomic E-state index is 13.1. The van der Waals surface area contributed by atoms with E-state index in [1.54, 1.807) is 30.3 Å². The van der Waals surface area contributed by atoms with Crippen molar-refractivity contribution in [1.29, 1.82) is 0 Å². The Hall–Kier alpha value is -3.46. The van der Waals surface area contributed by atoms with Crippen LogP contribution in [0.5, 0.6) is 5.75 Å². The van der Waals surface area contributed by atoms with Gasteiger partial charge in [0, 0.05) is 5.69 Å². The molecule has 0 radical (unpaired) electrons. The topological polar surface area (TPSA) is 104 Å². The first-order chi connectivity index (χ1) is 15.3. The van der Waals surface area contributed by atoms with Gasteiger partial charge in [-0.2, -0.15) is 5.11 Å². The molecule has 2 aliphatic rings. The number of nitrogens with one attached hydrogen (secondary N) is 1. The minimum absolute atomic E-state index is 0.243. The average molecular weight is 456 g/mol. The number of anilines is 2. The van der Waals surface area contributed by atoms with E-state index in [4.69, 9.17) is 16.3 Å². The number of imide groups is 1. The van der Waals surface area contributed by atoms with E-state index in [2.05, 4.69) is 29.5 Å². The zero-order chi connectivity index (χ0) is 23.0. The van der Waals surface area contributed by atoms with Crippen LogP contribution in [0.25, 0.3) is 0 Å². The quantitative estimate of drug-likeness (QED) is 0.672. The first-order valence-corrected chi connectivity index (χ1v) is 10.5. The monoisotopic (exact) mass is 455 g/mol. The molecule has 32 heavy (non-hydrogen) atoms. The summed E-state index contributed by atoms with van der Waals surface area (Å²) in [6, 6.07) is 10.2. The predicted molar refractivity (Wildman–Crippen MR) is 119 cm³/mol. The molecular formula is C22H22ClN5O4. The van der Waals surface area contributed by atoms with Crippen molar-refractivity contribution in [1.82, 2.24) is 5.01 Å². The highest BCUT2D eigenvalue weighted by Gasteiger charge is 2.55. The average Bonchev–Trinajstić information content (AvgIpc) is 3.27. The van der Waals surface area contributed by atoms with Crippen LogP contribution in [0.4, 0.5) is 11.4 Å². The highest BCUT2D eigenvalue weighted by Crippen LogP contribution is 2.32. The fraction of sp³-hybridized carbons (Fsp3) is 0.318. The lowest BCUT2D eigenvalue weighted by Crippen LogP contribution is -2.43. The molecule has 0 spiro atoms. The summed E-state index contributed by atoms with van der Waals surface area (Å²) in [4.78, 5) is 39.5. The standard InChI is InChI=1S/C22H22ClN5O4/c1-12(2)13-4-7-15(8-5-13)28-21(30)19-20(22(28)31)27(26-25-19)11-18(29)24-14-6-9-17(32-3)16(23)10-14/h4-10,12,19-20H,11H2,1-3H3,(H,24,29). The lowest BCUT2D eigenvalue weighted by atomic mass is 10.0. The molecule has 4 rings (SSSR count). The molecule has 166 valence electrons. The Kier molecular flexibility index (Phi) is 5.84. The van der Waals surface area contributed by atoms with E-state index >= 15 is 0 Å². The van der Waals surface area contributed by atoms with Crippen molar-refractivity contribution in [2.75, 3.05) is 23.9 Å². The molecule has 2 heterocycles.